The molecule has 1 aromatic heterocycles. The Labute approximate surface area is 202 Å². The van der Waals surface area contributed by atoms with Crippen LogP contribution in [0.25, 0.3) is 0 Å². The van der Waals surface area contributed by atoms with E-state index >= 15 is 0 Å². The summed E-state index contributed by atoms with van der Waals surface area (Å²) in [6, 6.07) is 0.619. The molecule has 0 bridgehead atoms. The highest BCUT2D eigenvalue weighted by Gasteiger charge is 2.35. The third-order valence-electron chi connectivity index (χ3n) is 6.23. The van der Waals surface area contributed by atoms with E-state index in [0.29, 0.717) is 17.9 Å². The summed E-state index contributed by atoms with van der Waals surface area (Å²) in [7, 11) is 0. The molecule has 3 heterocycles. The fourth-order valence-corrected chi connectivity index (χ4v) is 4.96. The second-order valence-electron chi connectivity index (χ2n) is 9.15. The van der Waals surface area contributed by atoms with Crippen molar-refractivity contribution in [1.29, 1.82) is 0 Å². The van der Waals surface area contributed by atoms with E-state index in [4.69, 9.17) is 30.1 Å². The lowest BCUT2D eigenvalue weighted by Crippen LogP contribution is -2.41. The van der Waals surface area contributed by atoms with Crippen molar-refractivity contribution >= 4 is 29.2 Å². The van der Waals surface area contributed by atoms with E-state index in [9.17, 15) is 14.4 Å². The molecule has 3 aliphatic rings. The first-order valence-electron chi connectivity index (χ1n) is 11.6. The smallest absolute Gasteiger partial charge is 0.335 e. The molecule has 1 saturated carbocycles. The topological polar surface area (TPSA) is 161 Å². The first-order chi connectivity index (χ1) is 16.1. The van der Waals surface area contributed by atoms with Crippen LogP contribution in [-0.4, -0.2) is 97.0 Å². The van der Waals surface area contributed by atoms with Crippen LogP contribution in [0.1, 0.15) is 50.1 Å². The SMILES string of the molecule is CC(C)N1CCC(Oc2nc3c(s2)CN(C(=O)C2CC2)CC3)CC1.O=C(O)C(O)C(O)C(=O)O. The van der Waals surface area contributed by atoms with E-state index in [-0.39, 0.29) is 6.10 Å². The van der Waals surface area contributed by atoms with Crippen molar-refractivity contribution in [2.75, 3.05) is 19.6 Å². The predicted octanol–water partition coefficient (Wildman–Crippen LogP) is 0.567. The molecular formula is C22H33N3O8S. The Morgan fingerprint density at radius 3 is 2.09 bits per heavy atom. The van der Waals surface area contributed by atoms with Crippen molar-refractivity contribution in [1.82, 2.24) is 14.8 Å². The minimum Gasteiger partial charge on any atom is -0.479 e. The summed E-state index contributed by atoms with van der Waals surface area (Å²) in [5.41, 5.74) is 1.15. The van der Waals surface area contributed by atoms with E-state index in [1.807, 2.05) is 4.90 Å². The Bertz CT molecular complexity index is 862. The highest BCUT2D eigenvalue weighted by Crippen LogP contribution is 2.35. The van der Waals surface area contributed by atoms with Gasteiger partial charge in [-0.3, -0.25) is 4.79 Å². The van der Waals surface area contributed by atoms with Gasteiger partial charge in [-0.15, -0.1) is 0 Å². The molecule has 2 aliphatic heterocycles. The maximum absolute atomic E-state index is 12.3. The number of hydrogen-bond acceptors (Lipinski definition) is 9. The fourth-order valence-electron chi connectivity index (χ4n) is 3.92. The molecule has 0 aromatic carbocycles. The Morgan fingerprint density at radius 2 is 1.59 bits per heavy atom. The second-order valence-corrected chi connectivity index (χ2v) is 10.2. The Kier molecular flexibility index (Phi) is 8.85. The summed E-state index contributed by atoms with van der Waals surface area (Å²) >= 11 is 1.65. The summed E-state index contributed by atoms with van der Waals surface area (Å²) < 4.78 is 6.17. The number of hydrogen-bond donors (Lipinski definition) is 4. The summed E-state index contributed by atoms with van der Waals surface area (Å²) in [5, 5.41) is 33.3. The first-order valence-corrected chi connectivity index (χ1v) is 12.4. The van der Waals surface area contributed by atoms with Crippen molar-refractivity contribution < 1.29 is 39.5 Å². The van der Waals surface area contributed by atoms with Gasteiger partial charge in [0.15, 0.2) is 12.2 Å². The van der Waals surface area contributed by atoms with Gasteiger partial charge in [0.2, 0.25) is 5.91 Å². The number of thiazole rings is 1. The first kappa shape index (κ1) is 26.3. The number of carboxylic acid groups (broad SMARTS) is 2. The number of carboxylic acids is 2. The van der Waals surface area contributed by atoms with E-state index in [0.717, 1.165) is 69.2 Å². The van der Waals surface area contributed by atoms with Gasteiger partial charge in [-0.05, 0) is 39.5 Å². The lowest BCUT2D eigenvalue weighted by Gasteiger charge is -2.34. The van der Waals surface area contributed by atoms with E-state index in [2.05, 4.69) is 18.7 Å². The van der Waals surface area contributed by atoms with Gasteiger partial charge in [0.05, 0.1) is 17.1 Å². The summed E-state index contributed by atoms with van der Waals surface area (Å²) in [6.07, 6.45) is 0.942. The zero-order valence-corrected chi connectivity index (χ0v) is 20.2. The number of aromatic nitrogens is 1. The van der Waals surface area contributed by atoms with E-state index < -0.39 is 24.1 Å². The van der Waals surface area contributed by atoms with Crippen molar-refractivity contribution in [2.24, 2.45) is 5.92 Å². The molecule has 1 aliphatic carbocycles. The molecule has 190 valence electrons. The maximum Gasteiger partial charge on any atom is 0.335 e. The van der Waals surface area contributed by atoms with Crippen LogP contribution in [0.3, 0.4) is 0 Å². The number of carbonyl (C=O) groups excluding carboxylic acids is 1. The van der Waals surface area contributed by atoms with Gasteiger partial charge >= 0.3 is 11.9 Å². The normalized spacial score (nSPS) is 20.7. The molecule has 4 rings (SSSR count). The van der Waals surface area contributed by atoms with Crippen LogP contribution < -0.4 is 4.74 Å². The zero-order chi connectivity index (χ0) is 25.0. The molecule has 12 heteroatoms. The number of aliphatic hydroxyl groups is 2. The summed E-state index contributed by atoms with van der Waals surface area (Å²) in [6.45, 7) is 8.28. The number of aliphatic carboxylic acids is 2. The Balaban J connectivity index is 0.000000277. The molecule has 2 unspecified atom stereocenters. The highest BCUT2D eigenvalue weighted by atomic mass is 32.1. The standard InChI is InChI=1S/C18H27N3O2S.C4H6O6/c1-12(2)20-8-5-14(6-9-20)23-18-19-15-7-10-21(11-16(15)24-18)17(22)13-3-4-13;5-1(3(7)8)2(6)4(9)10/h12-14H,3-11H2,1-2H3;1-2,5-6H,(H,7,8)(H,9,10). The predicted molar refractivity (Wildman–Crippen MR) is 122 cm³/mol. The molecule has 11 nitrogen and oxygen atoms in total. The van der Waals surface area contributed by atoms with Crippen LogP contribution in [0.5, 0.6) is 5.19 Å². The minimum atomic E-state index is -2.27. The number of likely N-dealkylation sites (tertiary alicyclic amines) is 1. The van der Waals surface area contributed by atoms with Crippen molar-refractivity contribution in [2.45, 2.75) is 76.9 Å². The average molecular weight is 500 g/mol. The van der Waals surface area contributed by atoms with Gasteiger partial charge in [0.25, 0.3) is 5.19 Å². The van der Waals surface area contributed by atoms with Gasteiger partial charge in [-0.2, -0.15) is 0 Å². The molecule has 1 saturated heterocycles. The van der Waals surface area contributed by atoms with Crippen LogP contribution in [0.4, 0.5) is 0 Å². The average Bonchev–Trinajstić information content (AvgIpc) is 3.57. The van der Waals surface area contributed by atoms with Gasteiger partial charge in [-0.1, -0.05) is 11.3 Å². The largest absolute Gasteiger partial charge is 0.479 e. The second kappa shape index (κ2) is 11.4. The van der Waals surface area contributed by atoms with Gasteiger partial charge in [0.1, 0.15) is 6.10 Å². The molecular weight excluding hydrogens is 466 g/mol. The lowest BCUT2D eigenvalue weighted by atomic mass is 10.1. The molecule has 2 fully saturated rings. The van der Waals surface area contributed by atoms with Crippen LogP contribution in [0.2, 0.25) is 0 Å². The fraction of sp³-hybridized carbons (Fsp3) is 0.727. The molecule has 0 spiro atoms. The number of fused-ring (bicyclic) bond motifs is 1. The number of nitrogens with zero attached hydrogens (tertiary/aromatic N) is 3. The van der Waals surface area contributed by atoms with Crippen LogP contribution >= 0.6 is 11.3 Å². The number of piperidine rings is 1. The minimum absolute atomic E-state index is 0.289. The van der Waals surface area contributed by atoms with Crippen LogP contribution in [0.15, 0.2) is 0 Å². The van der Waals surface area contributed by atoms with Gasteiger partial charge in [-0.25, -0.2) is 14.6 Å². The quantitative estimate of drug-likeness (QED) is 0.417. The molecule has 2 atom stereocenters. The van der Waals surface area contributed by atoms with Crippen LogP contribution in [0, 0.1) is 5.92 Å². The van der Waals surface area contributed by atoms with Gasteiger partial charge < -0.3 is 35.0 Å². The monoisotopic (exact) mass is 499 g/mol. The van der Waals surface area contributed by atoms with E-state index in [1.165, 1.54) is 4.88 Å². The van der Waals surface area contributed by atoms with Gasteiger partial charge in [0, 0.05) is 38.0 Å². The highest BCUT2D eigenvalue weighted by molar-refractivity contribution is 7.13. The Hall–Kier alpha value is -2.28. The van der Waals surface area contributed by atoms with Crippen molar-refractivity contribution in [3.63, 3.8) is 0 Å². The molecule has 4 N–H and O–H groups in total. The third-order valence-corrected chi connectivity index (χ3v) is 7.20. The number of aliphatic hydroxyl groups excluding tert-OH is 2. The lowest BCUT2D eigenvalue weighted by molar-refractivity contribution is -0.165. The number of rotatable bonds is 7. The summed E-state index contributed by atoms with van der Waals surface area (Å²) in [4.78, 5) is 42.2. The third kappa shape index (κ3) is 6.87. The summed E-state index contributed by atoms with van der Waals surface area (Å²) in [5.74, 6) is -2.89. The molecule has 34 heavy (non-hydrogen) atoms. The van der Waals surface area contributed by atoms with Crippen molar-refractivity contribution in [3.05, 3.63) is 10.6 Å². The van der Waals surface area contributed by atoms with Crippen LogP contribution in [-0.2, 0) is 27.3 Å². The number of amides is 1. The molecule has 1 amide bonds. The molecule has 1 aromatic rings. The number of ether oxygens (including phenoxy) is 1. The maximum atomic E-state index is 12.3. The van der Waals surface area contributed by atoms with Crippen molar-refractivity contribution in [3.8, 4) is 5.19 Å². The molecule has 0 radical (unpaired) electrons. The Morgan fingerprint density at radius 1 is 1.00 bits per heavy atom. The number of carbonyl (C=O) groups is 3. The van der Waals surface area contributed by atoms with E-state index in [1.54, 1.807) is 11.3 Å². The zero-order valence-electron chi connectivity index (χ0n) is 19.4.